The Morgan fingerprint density at radius 3 is 2.26 bits per heavy atom. The molecular weight excluding hydrogens is 312 g/mol. The van der Waals surface area contributed by atoms with E-state index in [0.717, 1.165) is 6.08 Å². The topological polar surface area (TPSA) is 176 Å². The van der Waals surface area contributed by atoms with Gasteiger partial charge in [0.15, 0.2) is 17.2 Å². The van der Waals surface area contributed by atoms with Gasteiger partial charge in [-0.3, -0.25) is 4.79 Å². The van der Waals surface area contributed by atoms with Gasteiger partial charge in [0.25, 0.3) is 0 Å². The molecule has 130 valence electrons. The zero-order chi connectivity index (χ0) is 18.0. The Bertz CT molecular complexity index is 520. The molecule has 1 rings (SSSR count). The summed E-state index contributed by atoms with van der Waals surface area (Å²) in [5.41, 5.74) is -2.79. The molecule has 0 radical (unpaired) electrons. The van der Waals surface area contributed by atoms with E-state index in [-0.39, 0.29) is 0 Å². The molecule has 0 saturated heterocycles. The summed E-state index contributed by atoms with van der Waals surface area (Å²) in [6, 6.07) is 0. The number of aliphatic hydroxyl groups is 6. The van der Waals surface area contributed by atoms with Crippen LogP contribution >= 0.6 is 0 Å². The van der Waals surface area contributed by atoms with E-state index < -0.39 is 53.8 Å². The van der Waals surface area contributed by atoms with Crippen LogP contribution in [0.4, 0.5) is 0 Å². The largest absolute Gasteiger partial charge is 0.479 e. The van der Waals surface area contributed by atoms with Gasteiger partial charge >= 0.3 is 5.97 Å². The van der Waals surface area contributed by atoms with Crippen LogP contribution in [0.1, 0.15) is 13.3 Å². The molecule has 0 heterocycles. The van der Waals surface area contributed by atoms with Gasteiger partial charge in [0, 0.05) is 12.3 Å². The maximum Gasteiger partial charge on any atom is 0.338 e. The lowest BCUT2D eigenvalue weighted by atomic mass is 9.85. The number of carbonyl (C=O) groups is 2. The number of carboxylic acids is 1. The molecule has 0 fully saturated rings. The number of rotatable bonds is 7. The molecule has 0 spiro atoms. The average molecular weight is 332 g/mol. The number of hydrogen-bond acceptors (Lipinski definition) is 8. The third-order valence-corrected chi connectivity index (χ3v) is 3.75. The van der Waals surface area contributed by atoms with Crippen molar-refractivity contribution in [2.24, 2.45) is 5.92 Å². The monoisotopic (exact) mass is 332 g/mol. The average Bonchev–Trinajstić information content (AvgIpc) is 2.46. The van der Waals surface area contributed by atoms with Crippen LogP contribution in [0.15, 0.2) is 24.3 Å². The van der Waals surface area contributed by atoms with Crippen LogP contribution in [0.25, 0.3) is 0 Å². The molecule has 0 aromatic carbocycles. The normalized spacial score (nSPS) is 26.1. The van der Waals surface area contributed by atoms with Crippen molar-refractivity contribution in [1.82, 2.24) is 0 Å². The molecule has 0 saturated carbocycles. The number of aliphatic carboxylic acids is 1. The first-order valence-corrected chi connectivity index (χ1v) is 6.74. The fraction of sp³-hybridized carbons (Fsp3) is 0.571. The Labute approximate surface area is 131 Å². The molecule has 1 aliphatic rings. The maximum absolute atomic E-state index is 11.9. The van der Waals surface area contributed by atoms with E-state index in [1.54, 1.807) is 0 Å². The van der Waals surface area contributed by atoms with Crippen LogP contribution in [0, 0.1) is 5.92 Å². The Morgan fingerprint density at radius 2 is 1.78 bits per heavy atom. The molecule has 0 aliphatic heterocycles. The smallest absolute Gasteiger partial charge is 0.338 e. The van der Waals surface area contributed by atoms with E-state index in [9.17, 15) is 40.2 Å². The van der Waals surface area contributed by atoms with Crippen LogP contribution in [0.2, 0.25) is 0 Å². The number of ketones is 1. The van der Waals surface area contributed by atoms with Gasteiger partial charge in [0.1, 0.15) is 18.3 Å². The molecule has 1 aliphatic carbocycles. The Balaban J connectivity index is 2.78. The highest BCUT2D eigenvalue weighted by Gasteiger charge is 2.46. The van der Waals surface area contributed by atoms with Crippen LogP contribution in [0.3, 0.4) is 0 Å². The molecule has 0 amide bonds. The second-order valence-electron chi connectivity index (χ2n) is 5.64. The number of aliphatic hydroxyl groups excluding tert-OH is 3. The minimum atomic E-state index is -2.79. The second kappa shape index (κ2) is 6.87. The van der Waals surface area contributed by atoms with E-state index in [1.807, 2.05) is 0 Å². The minimum Gasteiger partial charge on any atom is -0.479 e. The van der Waals surface area contributed by atoms with E-state index in [0.29, 0.717) is 6.92 Å². The highest BCUT2D eigenvalue weighted by Crippen LogP contribution is 2.26. The van der Waals surface area contributed by atoms with Gasteiger partial charge in [-0.25, -0.2) is 4.79 Å². The van der Waals surface area contributed by atoms with E-state index in [1.165, 1.54) is 18.2 Å². The first kappa shape index (κ1) is 19.4. The van der Waals surface area contributed by atoms with E-state index in [2.05, 4.69) is 0 Å². The van der Waals surface area contributed by atoms with Crippen LogP contribution in [0.5, 0.6) is 0 Å². The molecule has 5 atom stereocenters. The van der Waals surface area contributed by atoms with Crippen molar-refractivity contribution in [2.75, 3.05) is 0 Å². The molecule has 9 heteroatoms. The van der Waals surface area contributed by atoms with Gasteiger partial charge in [-0.15, -0.1) is 0 Å². The zero-order valence-corrected chi connectivity index (χ0v) is 12.3. The fourth-order valence-corrected chi connectivity index (χ4v) is 2.04. The van der Waals surface area contributed by atoms with Crippen molar-refractivity contribution < 1.29 is 45.3 Å². The molecule has 0 aromatic rings. The van der Waals surface area contributed by atoms with Crippen molar-refractivity contribution in [3.63, 3.8) is 0 Å². The predicted molar refractivity (Wildman–Crippen MR) is 74.8 cm³/mol. The lowest BCUT2D eigenvalue weighted by molar-refractivity contribution is -0.187. The summed E-state index contributed by atoms with van der Waals surface area (Å²) in [6.45, 7) is 0.696. The first-order chi connectivity index (χ1) is 10.4. The molecule has 7 N–H and O–H groups in total. The molecule has 9 nitrogen and oxygen atoms in total. The molecular formula is C14H20O9. The Kier molecular flexibility index (Phi) is 5.80. The van der Waals surface area contributed by atoms with Gasteiger partial charge in [-0.1, -0.05) is 18.2 Å². The SMILES string of the molecule is CC(O)(C(=O)O)C(O)C(O)C(O)C(=O)CC1C=CC=CC1(O)O. The summed E-state index contributed by atoms with van der Waals surface area (Å²) in [6.07, 6.45) is -2.29. The quantitative estimate of drug-likeness (QED) is 0.244. The first-order valence-electron chi connectivity index (χ1n) is 6.74. The lowest BCUT2D eigenvalue weighted by Gasteiger charge is -2.32. The number of Topliss-reactive ketones (excluding diaryl/α,β-unsaturated/α-hetero) is 1. The van der Waals surface area contributed by atoms with Crippen molar-refractivity contribution >= 4 is 11.8 Å². The number of carbonyl (C=O) groups excluding carboxylic acids is 1. The van der Waals surface area contributed by atoms with Gasteiger partial charge in [-0.05, 0) is 13.0 Å². The standard InChI is InChI=1S/C14H20O9/c1-13(21,12(19)20)11(18)10(17)9(16)8(15)6-7-4-2-3-5-14(7,22)23/h2-5,7,9-11,16-18,21-23H,6H2,1H3,(H,19,20). The summed E-state index contributed by atoms with van der Waals surface area (Å²) in [7, 11) is 0. The highest BCUT2D eigenvalue weighted by atomic mass is 16.5. The summed E-state index contributed by atoms with van der Waals surface area (Å²) in [4.78, 5) is 22.7. The maximum atomic E-state index is 11.9. The molecule has 23 heavy (non-hydrogen) atoms. The van der Waals surface area contributed by atoms with Crippen LogP contribution in [-0.4, -0.2) is 77.2 Å². The van der Waals surface area contributed by atoms with Crippen LogP contribution < -0.4 is 0 Å². The summed E-state index contributed by atoms with van der Waals surface area (Å²) in [5.74, 6) is -6.33. The Morgan fingerprint density at radius 1 is 1.22 bits per heavy atom. The predicted octanol–water partition coefficient (Wildman–Crippen LogP) is -2.71. The van der Waals surface area contributed by atoms with E-state index in [4.69, 9.17) is 5.11 Å². The van der Waals surface area contributed by atoms with Crippen molar-refractivity contribution in [1.29, 1.82) is 0 Å². The summed E-state index contributed by atoms with van der Waals surface area (Å²) in [5, 5.41) is 66.7. The highest BCUT2D eigenvalue weighted by molar-refractivity contribution is 5.84. The van der Waals surface area contributed by atoms with Gasteiger partial charge in [0.05, 0.1) is 0 Å². The van der Waals surface area contributed by atoms with Gasteiger partial charge in [-0.2, -0.15) is 0 Å². The van der Waals surface area contributed by atoms with Crippen molar-refractivity contribution in [3.8, 4) is 0 Å². The second-order valence-corrected chi connectivity index (χ2v) is 5.64. The number of carboxylic acid groups (broad SMARTS) is 1. The molecule has 0 aromatic heterocycles. The zero-order valence-electron chi connectivity index (χ0n) is 12.3. The fourth-order valence-electron chi connectivity index (χ4n) is 2.04. The summed E-state index contributed by atoms with van der Waals surface area (Å²) < 4.78 is 0. The van der Waals surface area contributed by atoms with Crippen molar-refractivity contribution in [2.45, 2.75) is 43.0 Å². The third-order valence-electron chi connectivity index (χ3n) is 3.75. The van der Waals surface area contributed by atoms with Crippen molar-refractivity contribution in [3.05, 3.63) is 24.3 Å². The number of hydrogen-bond donors (Lipinski definition) is 7. The third kappa shape index (κ3) is 4.22. The van der Waals surface area contributed by atoms with Gasteiger partial charge < -0.3 is 35.7 Å². The van der Waals surface area contributed by atoms with Gasteiger partial charge in [0.2, 0.25) is 0 Å². The minimum absolute atomic E-state index is 0.589. The summed E-state index contributed by atoms with van der Waals surface area (Å²) >= 11 is 0. The molecule has 5 unspecified atom stereocenters. The van der Waals surface area contributed by atoms with Crippen LogP contribution in [-0.2, 0) is 9.59 Å². The lowest BCUT2D eigenvalue weighted by Crippen LogP contribution is -2.57. The van der Waals surface area contributed by atoms with E-state index >= 15 is 0 Å². The Hall–Kier alpha value is -1.62. The molecule has 0 bridgehead atoms. The number of allylic oxidation sites excluding steroid dienone is 2.